The molecule has 1 aliphatic heterocycles. The van der Waals surface area contributed by atoms with Gasteiger partial charge in [0.15, 0.2) is 0 Å². The van der Waals surface area contributed by atoms with Gasteiger partial charge in [-0.1, -0.05) is 0 Å². The first-order chi connectivity index (χ1) is 14.4. The lowest BCUT2D eigenvalue weighted by Gasteiger charge is -2.29. The van der Waals surface area contributed by atoms with Crippen LogP contribution in [0.25, 0.3) is 0 Å². The molecule has 10 heteroatoms. The molecule has 0 bridgehead atoms. The summed E-state index contributed by atoms with van der Waals surface area (Å²) >= 11 is 0. The Bertz CT molecular complexity index is 976. The maximum Gasteiger partial charge on any atom is 0.255 e. The molecular formula is C20H24FN3O5S. The normalized spacial score (nSPS) is 14.5. The summed E-state index contributed by atoms with van der Waals surface area (Å²) in [5, 5.41) is 2.63. The number of morpholine rings is 1. The van der Waals surface area contributed by atoms with Crippen LogP contribution in [0.2, 0.25) is 0 Å². The number of carbonyl (C=O) groups excluding carboxylic acids is 1. The van der Waals surface area contributed by atoms with Crippen LogP contribution in [0.15, 0.2) is 47.4 Å². The summed E-state index contributed by atoms with van der Waals surface area (Å²) in [5.74, 6) is -0.900. The van der Waals surface area contributed by atoms with Crippen LogP contribution in [0.1, 0.15) is 10.4 Å². The summed E-state index contributed by atoms with van der Waals surface area (Å²) in [6.07, 6.45) is 0. The molecule has 162 valence electrons. The largest absolute Gasteiger partial charge is 0.383 e. The molecule has 0 spiro atoms. The van der Waals surface area contributed by atoms with Gasteiger partial charge in [-0.3, -0.25) is 4.79 Å². The maximum atomic E-state index is 14.5. The van der Waals surface area contributed by atoms with Crippen LogP contribution in [0.4, 0.5) is 15.8 Å². The summed E-state index contributed by atoms with van der Waals surface area (Å²) in [6.45, 7) is 2.71. The maximum absolute atomic E-state index is 14.5. The van der Waals surface area contributed by atoms with Gasteiger partial charge in [0.05, 0.1) is 30.4 Å². The van der Waals surface area contributed by atoms with Gasteiger partial charge in [-0.25, -0.2) is 17.5 Å². The van der Waals surface area contributed by atoms with Crippen molar-refractivity contribution in [3.8, 4) is 0 Å². The fourth-order valence-electron chi connectivity index (χ4n) is 3.00. The van der Waals surface area contributed by atoms with Crippen molar-refractivity contribution in [2.75, 3.05) is 56.8 Å². The lowest BCUT2D eigenvalue weighted by Crippen LogP contribution is -2.36. The first-order valence-electron chi connectivity index (χ1n) is 9.43. The molecule has 0 aliphatic carbocycles. The van der Waals surface area contributed by atoms with Gasteiger partial charge >= 0.3 is 0 Å². The number of nitrogens with zero attached hydrogens (tertiary/aromatic N) is 1. The van der Waals surface area contributed by atoms with E-state index in [1.807, 2.05) is 4.90 Å². The third-order valence-electron chi connectivity index (χ3n) is 4.58. The van der Waals surface area contributed by atoms with Crippen molar-refractivity contribution in [2.45, 2.75) is 4.90 Å². The predicted molar refractivity (Wildman–Crippen MR) is 111 cm³/mol. The van der Waals surface area contributed by atoms with Crippen LogP contribution in [0.3, 0.4) is 0 Å². The minimum Gasteiger partial charge on any atom is -0.383 e. The smallest absolute Gasteiger partial charge is 0.255 e. The number of methoxy groups -OCH3 is 1. The molecule has 0 atom stereocenters. The second-order valence-corrected chi connectivity index (χ2v) is 8.40. The highest BCUT2D eigenvalue weighted by molar-refractivity contribution is 7.89. The molecule has 0 saturated carbocycles. The second-order valence-electron chi connectivity index (χ2n) is 6.63. The quantitative estimate of drug-likeness (QED) is 0.612. The van der Waals surface area contributed by atoms with Gasteiger partial charge in [0.1, 0.15) is 5.82 Å². The zero-order valence-corrected chi connectivity index (χ0v) is 17.4. The zero-order chi connectivity index (χ0) is 21.6. The Balaban J connectivity index is 1.65. The van der Waals surface area contributed by atoms with Crippen LogP contribution in [0.5, 0.6) is 0 Å². The van der Waals surface area contributed by atoms with Crippen LogP contribution in [-0.2, 0) is 19.5 Å². The molecule has 3 rings (SSSR count). The van der Waals surface area contributed by atoms with Gasteiger partial charge in [0, 0.05) is 38.0 Å². The van der Waals surface area contributed by atoms with Crippen molar-refractivity contribution in [1.82, 2.24) is 4.72 Å². The number of carbonyl (C=O) groups is 1. The molecule has 0 radical (unpaired) electrons. The first kappa shape index (κ1) is 22.2. The third kappa shape index (κ3) is 5.54. The lowest BCUT2D eigenvalue weighted by molar-refractivity contribution is 0.102. The van der Waals surface area contributed by atoms with E-state index in [4.69, 9.17) is 9.47 Å². The number of hydrogen-bond donors (Lipinski definition) is 2. The topological polar surface area (TPSA) is 97.0 Å². The van der Waals surface area contributed by atoms with Crippen LogP contribution < -0.4 is 14.9 Å². The van der Waals surface area contributed by atoms with Gasteiger partial charge in [-0.05, 0) is 42.5 Å². The number of nitrogens with one attached hydrogen (secondary N) is 2. The minimum atomic E-state index is -3.68. The Morgan fingerprint density at radius 1 is 1.17 bits per heavy atom. The molecule has 2 N–H and O–H groups in total. The fraction of sp³-hybridized carbons (Fsp3) is 0.350. The summed E-state index contributed by atoms with van der Waals surface area (Å²) in [7, 11) is -2.20. The predicted octanol–water partition coefficient (Wildman–Crippen LogP) is 1.84. The van der Waals surface area contributed by atoms with Crippen molar-refractivity contribution in [2.24, 2.45) is 0 Å². The van der Waals surface area contributed by atoms with Gasteiger partial charge in [-0.2, -0.15) is 0 Å². The van der Waals surface area contributed by atoms with Crippen molar-refractivity contribution in [3.63, 3.8) is 0 Å². The Morgan fingerprint density at radius 2 is 1.87 bits per heavy atom. The number of benzene rings is 2. The monoisotopic (exact) mass is 437 g/mol. The second kappa shape index (κ2) is 9.98. The number of halogens is 1. The van der Waals surface area contributed by atoms with E-state index in [0.29, 0.717) is 37.7 Å². The van der Waals surface area contributed by atoms with Crippen molar-refractivity contribution in [3.05, 3.63) is 53.8 Å². The van der Waals surface area contributed by atoms with E-state index in [0.717, 1.165) is 0 Å². The zero-order valence-electron chi connectivity index (χ0n) is 16.6. The molecule has 30 heavy (non-hydrogen) atoms. The van der Waals surface area contributed by atoms with E-state index in [1.165, 1.54) is 37.4 Å². The number of ether oxygens (including phenoxy) is 2. The first-order valence-corrected chi connectivity index (χ1v) is 10.9. The van der Waals surface area contributed by atoms with E-state index in [2.05, 4.69) is 10.0 Å². The van der Waals surface area contributed by atoms with Crippen LogP contribution in [0, 0.1) is 5.82 Å². The molecule has 0 unspecified atom stereocenters. The number of amides is 1. The van der Waals surface area contributed by atoms with E-state index < -0.39 is 21.7 Å². The highest BCUT2D eigenvalue weighted by atomic mass is 32.2. The Hall–Kier alpha value is -2.53. The van der Waals surface area contributed by atoms with Crippen LogP contribution in [-0.4, -0.2) is 60.9 Å². The van der Waals surface area contributed by atoms with E-state index in [-0.39, 0.29) is 23.6 Å². The van der Waals surface area contributed by atoms with Gasteiger partial charge in [-0.15, -0.1) is 0 Å². The Labute approximate surface area is 175 Å². The molecule has 2 aromatic rings. The van der Waals surface area contributed by atoms with Crippen molar-refractivity contribution < 1.29 is 27.1 Å². The molecule has 0 aromatic heterocycles. The third-order valence-corrected chi connectivity index (χ3v) is 6.06. The number of anilines is 2. The average molecular weight is 437 g/mol. The molecule has 1 fully saturated rings. The van der Waals surface area contributed by atoms with Crippen LogP contribution >= 0.6 is 0 Å². The molecule has 1 heterocycles. The van der Waals surface area contributed by atoms with E-state index in [1.54, 1.807) is 12.1 Å². The average Bonchev–Trinajstić information content (AvgIpc) is 2.74. The summed E-state index contributed by atoms with van der Waals surface area (Å²) in [5.41, 5.74) is 1.03. The molecule has 1 aliphatic rings. The van der Waals surface area contributed by atoms with Crippen molar-refractivity contribution >= 4 is 27.3 Å². The number of sulfonamides is 1. The fourth-order valence-corrected chi connectivity index (χ4v) is 4.01. The number of hydrogen-bond acceptors (Lipinski definition) is 6. The molecule has 1 saturated heterocycles. The highest BCUT2D eigenvalue weighted by Crippen LogP contribution is 2.24. The lowest BCUT2D eigenvalue weighted by atomic mass is 10.2. The number of rotatable bonds is 8. The molecule has 1 amide bonds. The SMILES string of the molecule is COCCNS(=O)(=O)c1ccc(C(=O)Nc2ccc(N3CCOCC3)c(F)c2)cc1. The van der Waals surface area contributed by atoms with Gasteiger partial charge in [0.25, 0.3) is 5.91 Å². The molecular weight excluding hydrogens is 413 g/mol. The summed E-state index contributed by atoms with van der Waals surface area (Å²) in [6, 6.07) is 10.00. The molecule has 2 aromatic carbocycles. The van der Waals surface area contributed by atoms with E-state index in [9.17, 15) is 17.6 Å². The minimum absolute atomic E-state index is 0.0380. The Kier molecular flexibility index (Phi) is 7.38. The summed E-state index contributed by atoms with van der Waals surface area (Å²) in [4.78, 5) is 14.4. The standard InChI is InChI=1S/C20H24FN3O5S/c1-28-11-8-22-30(26,27)17-5-2-15(3-6-17)20(25)23-16-4-7-19(18(21)14-16)24-9-12-29-13-10-24/h2-7,14,22H,8-13H2,1H3,(H,23,25). The summed E-state index contributed by atoms with van der Waals surface area (Å²) < 4.78 is 51.3. The van der Waals surface area contributed by atoms with Gasteiger partial charge in [0.2, 0.25) is 10.0 Å². The molecule has 8 nitrogen and oxygen atoms in total. The van der Waals surface area contributed by atoms with Gasteiger partial charge < -0.3 is 19.7 Å². The van der Waals surface area contributed by atoms with E-state index >= 15 is 0 Å². The van der Waals surface area contributed by atoms with Crippen molar-refractivity contribution in [1.29, 1.82) is 0 Å². The highest BCUT2D eigenvalue weighted by Gasteiger charge is 2.17. The Morgan fingerprint density at radius 3 is 2.50 bits per heavy atom.